The van der Waals surface area contributed by atoms with Crippen LogP contribution in [0.25, 0.3) is 11.0 Å². The van der Waals surface area contributed by atoms with E-state index in [2.05, 4.69) is 44.5 Å². The van der Waals surface area contributed by atoms with Crippen molar-refractivity contribution < 1.29 is 4.74 Å². The average molecular weight is 470 g/mol. The second-order valence-corrected chi connectivity index (χ2v) is 9.66. The number of aryl methyl sites for hydroxylation is 2. The predicted octanol–water partition coefficient (Wildman–Crippen LogP) is 4.44. The summed E-state index contributed by atoms with van der Waals surface area (Å²) in [5.41, 5.74) is 3.07. The molecule has 3 aromatic rings. The minimum absolute atomic E-state index is 0.583. The molecule has 3 heterocycles. The monoisotopic (exact) mass is 469 g/mol. The van der Waals surface area contributed by atoms with Gasteiger partial charge in [-0.25, -0.2) is 15.0 Å². The Hall–Kier alpha value is -2.55. The van der Waals surface area contributed by atoms with E-state index >= 15 is 0 Å². The van der Waals surface area contributed by atoms with Gasteiger partial charge in [-0.3, -0.25) is 4.68 Å². The van der Waals surface area contributed by atoms with Gasteiger partial charge in [-0.1, -0.05) is 12.8 Å². The van der Waals surface area contributed by atoms with E-state index in [1.54, 1.807) is 24.2 Å². The van der Waals surface area contributed by atoms with Crippen molar-refractivity contribution in [3.63, 3.8) is 0 Å². The van der Waals surface area contributed by atoms with Crippen molar-refractivity contribution in [1.82, 2.24) is 24.7 Å². The van der Waals surface area contributed by atoms with Crippen molar-refractivity contribution >= 4 is 34.6 Å². The molecular weight excluding hydrogens is 434 g/mol. The van der Waals surface area contributed by atoms with E-state index in [1.165, 1.54) is 25.7 Å². The van der Waals surface area contributed by atoms with E-state index in [9.17, 15) is 0 Å². The fourth-order valence-electron chi connectivity index (χ4n) is 4.55. The van der Waals surface area contributed by atoms with Gasteiger partial charge in [-0.15, -0.1) is 0 Å². The lowest BCUT2D eigenvalue weighted by atomic mass is 10.1. The molecule has 0 atom stereocenters. The van der Waals surface area contributed by atoms with Gasteiger partial charge in [0.25, 0.3) is 0 Å². The number of ether oxygens (including phenoxy) is 1. The molecule has 9 heteroatoms. The number of fused-ring (bicyclic) bond motifs is 1. The molecule has 1 aliphatic carbocycles. The largest absolute Gasteiger partial charge is 0.489 e. The second kappa shape index (κ2) is 11.0. The molecule has 0 unspecified atom stereocenters. The van der Waals surface area contributed by atoms with Crippen LogP contribution in [0.15, 0.2) is 18.5 Å². The molecule has 0 saturated heterocycles. The summed E-state index contributed by atoms with van der Waals surface area (Å²) in [4.78, 5) is 16.4. The van der Waals surface area contributed by atoms with E-state index in [0.717, 1.165) is 52.9 Å². The van der Waals surface area contributed by atoms with Crippen molar-refractivity contribution in [1.29, 1.82) is 0 Å². The molecule has 1 aliphatic rings. The van der Waals surface area contributed by atoms with Gasteiger partial charge in [0.05, 0.1) is 24.7 Å². The lowest BCUT2D eigenvalue weighted by Gasteiger charge is -2.27. The fraction of sp³-hybridized carbons (Fsp3) is 0.583. The standard InChI is InChI=1S/C24H35N7OS/c1-5-31(16-18-8-6-7-9-18)22-19(12-21-17(2)29-30(3)23(21)28-22)13-25-24-26-14-20(15-27-24)32-10-11-33-4/h12,14-15,18H,5-11,13,16H2,1-4H3,(H,25,26,27). The lowest BCUT2D eigenvalue weighted by molar-refractivity contribution is 0.341. The molecule has 3 aromatic heterocycles. The number of hydrogen-bond donors (Lipinski definition) is 1. The van der Waals surface area contributed by atoms with E-state index in [4.69, 9.17) is 9.72 Å². The van der Waals surface area contributed by atoms with Crippen LogP contribution in [0, 0.1) is 12.8 Å². The Kier molecular flexibility index (Phi) is 7.90. The molecule has 0 amide bonds. The highest BCUT2D eigenvalue weighted by Gasteiger charge is 2.22. The SMILES string of the molecule is CCN(CC1CCCC1)c1nc2c(cc1CNc1ncc(OCCSC)cn1)c(C)nn2C. The summed E-state index contributed by atoms with van der Waals surface area (Å²) in [6.07, 6.45) is 10.8. The Morgan fingerprint density at radius 2 is 2.00 bits per heavy atom. The van der Waals surface area contributed by atoms with Gasteiger partial charge in [-0.2, -0.15) is 16.9 Å². The third-order valence-electron chi connectivity index (χ3n) is 6.31. The summed E-state index contributed by atoms with van der Waals surface area (Å²) < 4.78 is 7.54. The molecule has 0 bridgehead atoms. The van der Waals surface area contributed by atoms with Crippen LogP contribution < -0.4 is 15.0 Å². The van der Waals surface area contributed by atoms with Crippen LogP contribution in [0.5, 0.6) is 5.75 Å². The van der Waals surface area contributed by atoms with Crippen LogP contribution >= 0.6 is 11.8 Å². The predicted molar refractivity (Wildman–Crippen MR) is 136 cm³/mol. The first-order valence-electron chi connectivity index (χ1n) is 11.8. The number of pyridine rings is 1. The second-order valence-electron chi connectivity index (χ2n) is 8.68. The molecular formula is C24H35N7OS. The normalized spacial score (nSPS) is 14.2. The number of thioether (sulfide) groups is 1. The Balaban J connectivity index is 1.55. The smallest absolute Gasteiger partial charge is 0.223 e. The van der Waals surface area contributed by atoms with Crippen molar-refractivity contribution in [3.05, 3.63) is 29.7 Å². The summed E-state index contributed by atoms with van der Waals surface area (Å²) >= 11 is 1.75. The van der Waals surface area contributed by atoms with Crippen LogP contribution in [0.4, 0.5) is 11.8 Å². The molecule has 0 spiro atoms. The van der Waals surface area contributed by atoms with Crippen LogP contribution in [0.3, 0.4) is 0 Å². The topological polar surface area (TPSA) is 81.0 Å². The molecule has 8 nitrogen and oxygen atoms in total. The van der Waals surface area contributed by atoms with Gasteiger partial charge >= 0.3 is 0 Å². The number of rotatable bonds is 11. The number of aromatic nitrogens is 5. The highest BCUT2D eigenvalue weighted by Crippen LogP contribution is 2.30. The zero-order chi connectivity index (χ0) is 23.2. The van der Waals surface area contributed by atoms with Gasteiger partial charge in [0.15, 0.2) is 11.4 Å². The van der Waals surface area contributed by atoms with Crippen LogP contribution in [0.2, 0.25) is 0 Å². The summed E-state index contributed by atoms with van der Waals surface area (Å²) in [5, 5.41) is 9.07. The number of anilines is 2. The minimum atomic E-state index is 0.583. The maximum absolute atomic E-state index is 5.66. The summed E-state index contributed by atoms with van der Waals surface area (Å²) in [7, 11) is 1.97. The summed E-state index contributed by atoms with van der Waals surface area (Å²) in [6.45, 7) is 7.49. The zero-order valence-electron chi connectivity index (χ0n) is 20.2. The lowest BCUT2D eigenvalue weighted by Crippen LogP contribution is -2.30. The molecule has 0 radical (unpaired) electrons. The Morgan fingerprint density at radius 3 is 2.70 bits per heavy atom. The minimum Gasteiger partial charge on any atom is -0.489 e. The van der Waals surface area contributed by atoms with Gasteiger partial charge in [0, 0.05) is 43.4 Å². The fourth-order valence-corrected chi connectivity index (χ4v) is 4.80. The van der Waals surface area contributed by atoms with Crippen LogP contribution in [-0.2, 0) is 13.6 Å². The van der Waals surface area contributed by atoms with E-state index in [1.807, 2.05) is 18.7 Å². The maximum atomic E-state index is 5.66. The highest BCUT2D eigenvalue weighted by atomic mass is 32.2. The molecule has 1 N–H and O–H groups in total. The van der Waals surface area contributed by atoms with Crippen molar-refractivity contribution in [2.24, 2.45) is 13.0 Å². The Bertz CT molecular complexity index is 1050. The Labute approximate surface area is 200 Å². The first-order valence-corrected chi connectivity index (χ1v) is 13.2. The molecule has 178 valence electrons. The zero-order valence-corrected chi connectivity index (χ0v) is 21.0. The molecule has 4 rings (SSSR count). The molecule has 1 saturated carbocycles. The van der Waals surface area contributed by atoms with Crippen molar-refractivity contribution in [2.75, 3.05) is 41.9 Å². The molecule has 1 fully saturated rings. The van der Waals surface area contributed by atoms with E-state index in [-0.39, 0.29) is 0 Å². The first-order chi connectivity index (χ1) is 16.1. The van der Waals surface area contributed by atoms with Gasteiger partial charge < -0.3 is 15.0 Å². The number of nitrogens with zero attached hydrogens (tertiary/aromatic N) is 6. The average Bonchev–Trinajstić information content (AvgIpc) is 3.44. The summed E-state index contributed by atoms with van der Waals surface area (Å²) in [5.74, 6) is 4.00. The van der Waals surface area contributed by atoms with Crippen molar-refractivity contribution in [3.8, 4) is 5.75 Å². The van der Waals surface area contributed by atoms with Gasteiger partial charge in [-0.05, 0) is 44.9 Å². The molecule has 33 heavy (non-hydrogen) atoms. The van der Waals surface area contributed by atoms with Crippen LogP contribution in [0.1, 0.15) is 43.9 Å². The molecule has 0 aromatic carbocycles. The summed E-state index contributed by atoms with van der Waals surface area (Å²) in [6, 6.07) is 2.23. The Morgan fingerprint density at radius 1 is 1.24 bits per heavy atom. The van der Waals surface area contributed by atoms with Crippen molar-refractivity contribution in [2.45, 2.75) is 46.1 Å². The molecule has 0 aliphatic heterocycles. The maximum Gasteiger partial charge on any atom is 0.223 e. The van der Waals surface area contributed by atoms with E-state index in [0.29, 0.717) is 24.8 Å². The quantitative estimate of drug-likeness (QED) is 0.413. The first kappa shape index (κ1) is 23.6. The van der Waals surface area contributed by atoms with Crippen LogP contribution in [-0.4, -0.2) is 56.4 Å². The number of nitrogens with one attached hydrogen (secondary N) is 1. The third kappa shape index (κ3) is 5.69. The van der Waals surface area contributed by atoms with E-state index < -0.39 is 0 Å². The third-order valence-corrected chi connectivity index (χ3v) is 6.89. The van der Waals surface area contributed by atoms with Gasteiger partial charge in [0.2, 0.25) is 5.95 Å². The number of hydrogen-bond acceptors (Lipinski definition) is 8. The highest BCUT2D eigenvalue weighted by molar-refractivity contribution is 7.98. The van der Waals surface area contributed by atoms with Gasteiger partial charge in [0.1, 0.15) is 5.82 Å².